The Kier molecular flexibility index (Phi) is 4.12. The molecule has 0 radical (unpaired) electrons. The molecule has 25 heavy (non-hydrogen) atoms. The maximum Gasteiger partial charge on any atom is 0.421 e. The summed E-state index contributed by atoms with van der Waals surface area (Å²) in [5.74, 6) is -0.137. The van der Waals surface area contributed by atoms with Gasteiger partial charge in [-0.3, -0.25) is 4.68 Å². The van der Waals surface area contributed by atoms with Crippen LogP contribution in [0.5, 0.6) is 0 Å². The summed E-state index contributed by atoms with van der Waals surface area (Å²) < 4.78 is 40.9. The third-order valence-electron chi connectivity index (χ3n) is 4.38. The van der Waals surface area contributed by atoms with Crippen LogP contribution in [0.25, 0.3) is 0 Å². The lowest BCUT2D eigenvalue weighted by molar-refractivity contribution is -0.137. The number of nitrogens with zero attached hydrogens (tertiary/aromatic N) is 4. The first-order chi connectivity index (χ1) is 11.6. The van der Waals surface area contributed by atoms with Crippen molar-refractivity contribution in [3.8, 4) is 0 Å². The quantitative estimate of drug-likeness (QED) is 0.844. The topological polar surface area (TPSA) is 67.7 Å². The summed E-state index contributed by atoms with van der Waals surface area (Å²) in [4.78, 5) is 7.78. The summed E-state index contributed by atoms with van der Waals surface area (Å²) in [5, 5.41) is 10.1. The molecule has 0 unspecified atom stereocenters. The van der Waals surface area contributed by atoms with E-state index in [1.165, 1.54) is 0 Å². The highest BCUT2D eigenvalue weighted by atomic mass is 19.4. The first kappa shape index (κ1) is 17.5. The lowest BCUT2D eigenvalue weighted by Crippen LogP contribution is -2.14. The lowest BCUT2D eigenvalue weighted by Gasteiger charge is -2.13. The highest BCUT2D eigenvalue weighted by Crippen LogP contribution is 2.55. The first-order valence-corrected chi connectivity index (χ1v) is 8.12. The van der Waals surface area contributed by atoms with Crippen LogP contribution in [-0.4, -0.2) is 26.3 Å². The molecule has 2 N–H and O–H groups in total. The van der Waals surface area contributed by atoms with Gasteiger partial charge in [0.1, 0.15) is 11.4 Å². The molecule has 3 rings (SSSR count). The van der Waals surface area contributed by atoms with Gasteiger partial charge in [0.05, 0.1) is 17.4 Å². The molecule has 1 aliphatic carbocycles. The van der Waals surface area contributed by atoms with Crippen molar-refractivity contribution in [1.82, 2.24) is 19.7 Å². The summed E-state index contributed by atoms with van der Waals surface area (Å²) in [6.45, 7) is 8.21. The smallest absolute Gasteiger partial charge is 0.370 e. The Bertz CT molecular complexity index is 781. The highest BCUT2D eigenvalue weighted by Gasteiger charge is 2.47. The van der Waals surface area contributed by atoms with Crippen LogP contribution in [0.15, 0.2) is 12.4 Å². The van der Waals surface area contributed by atoms with E-state index in [1.54, 1.807) is 6.92 Å². The molecule has 0 aliphatic heterocycles. The predicted octanol–water partition coefficient (Wildman–Crippen LogP) is 4.15. The Hall–Kier alpha value is -2.32. The van der Waals surface area contributed by atoms with Crippen LogP contribution < -0.4 is 10.6 Å². The molecular weight excluding hydrogens is 333 g/mol. The number of anilines is 3. The first-order valence-electron chi connectivity index (χ1n) is 8.12. The number of aromatic nitrogens is 4. The normalized spacial score (nSPS) is 18.9. The Labute approximate surface area is 143 Å². The zero-order chi connectivity index (χ0) is 18.4. The second-order valence-electron chi connectivity index (χ2n) is 6.93. The van der Waals surface area contributed by atoms with Gasteiger partial charge in [-0.1, -0.05) is 13.8 Å². The van der Waals surface area contributed by atoms with Gasteiger partial charge in [0.25, 0.3) is 0 Å². The van der Waals surface area contributed by atoms with Crippen molar-refractivity contribution in [2.45, 2.75) is 46.3 Å². The van der Waals surface area contributed by atoms with E-state index < -0.39 is 11.7 Å². The monoisotopic (exact) mass is 354 g/mol. The van der Waals surface area contributed by atoms with Crippen LogP contribution in [0.1, 0.15) is 44.5 Å². The molecule has 0 saturated heterocycles. The zero-order valence-electron chi connectivity index (χ0n) is 14.6. The summed E-state index contributed by atoms with van der Waals surface area (Å²) in [6, 6.07) is 0.340. The molecule has 1 saturated carbocycles. The van der Waals surface area contributed by atoms with Crippen LogP contribution >= 0.6 is 0 Å². The molecule has 0 spiro atoms. The highest BCUT2D eigenvalue weighted by molar-refractivity contribution is 5.58. The second kappa shape index (κ2) is 5.89. The minimum Gasteiger partial charge on any atom is -0.370 e. The third-order valence-corrected chi connectivity index (χ3v) is 4.38. The number of alkyl halides is 3. The van der Waals surface area contributed by atoms with Gasteiger partial charge in [-0.2, -0.15) is 23.3 Å². The van der Waals surface area contributed by atoms with E-state index in [4.69, 9.17) is 0 Å². The Morgan fingerprint density at radius 2 is 2.04 bits per heavy atom. The maximum atomic E-state index is 13.0. The molecule has 2 aromatic rings. The molecular formula is C16H21F3N6. The third kappa shape index (κ3) is 3.54. The van der Waals surface area contributed by atoms with Crippen LogP contribution in [0, 0.1) is 12.3 Å². The summed E-state index contributed by atoms with van der Waals surface area (Å²) in [5.41, 5.74) is 0.770. The zero-order valence-corrected chi connectivity index (χ0v) is 14.6. The molecule has 6 nitrogen and oxygen atoms in total. The molecule has 0 aromatic carbocycles. The van der Waals surface area contributed by atoms with Gasteiger partial charge in [0.2, 0.25) is 5.95 Å². The second-order valence-corrected chi connectivity index (χ2v) is 6.93. The molecule has 1 aliphatic rings. The van der Waals surface area contributed by atoms with Gasteiger partial charge in [-0.15, -0.1) is 0 Å². The van der Waals surface area contributed by atoms with E-state index in [9.17, 15) is 13.2 Å². The Morgan fingerprint density at radius 3 is 2.60 bits per heavy atom. The van der Waals surface area contributed by atoms with Crippen molar-refractivity contribution in [1.29, 1.82) is 0 Å². The maximum absolute atomic E-state index is 13.0. The average molecular weight is 354 g/mol. The number of halogens is 3. The van der Waals surface area contributed by atoms with Crippen LogP contribution in [0.4, 0.5) is 30.6 Å². The fourth-order valence-electron chi connectivity index (χ4n) is 2.73. The fourth-order valence-corrected chi connectivity index (χ4v) is 2.73. The van der Waals surface area contributed by atoms with Gasteiger partial charge < -0.3 is 10.6 Å². The summed E-state index contributed by atoms with van der Waals surface area (Å²) >= 11 is 0. The lowest BCUT2D eigenvalue weighted by atomic mass is 10.2. The molecule has 0 amide bonds. The number of hydrogen-bond acceptors (Lipinski definition) is 5. The molecule has 9 heteroatoms. The van der Waals surface area contributed by atoms with Crippen LogP contribution in [0.3, 0.4) is 0 Å². The standard InChI is InChI=1S/C16H21F3N6/c1-5-20-13-10(16(17,18)19)7-21-14(23-13)22-11-8-25(24-9(11)2)12-6-15(12,3)4/h7-8,12H,5-6H2,1-4H3,(H2,20,21,22,23)/t12-/m0/s1. The molecule has 2 heterocycles. The van der Waals surface area contributed by atoms with E-state index in [1.807, 2.05) is 17.8 Å². The Morgan fingerprint density at radius 1 is 1.36 bits per heavy atom. The number of rotatable bonds is 5. The van der Waals surface area contributed by atoms with Crippen molar-refractivity contribution >= 4 is 17.5 Å². The summed E-state index contributed by atoms with van der Waals surface area (Å²) in [7, 11) is 0. The Balaban J connectivity index is 1.85. The largest absolute Gasteiger partial charge is 0.421 e. The predicted molar refractivity (Wildman–Crippen MR) is 88.9 cm³/mol. The van der Waals surface area contributed by atoms with E-state index in [2.05, 4.69) is 39.5 Å². The van der Waals surface area contributed by atoms with Crippen molar-refractivity contribution in [3.63, 3.8) is 0 Å². The van der Waals surface area contributed by atoms with Crippen molar-refractivity contribution in [3.05, 3.63) is 23.7 Å². The number of aryl methyl sites for hydroxylation is 1. The van der Waals surface area contributed by atoms with Gasteiger partial charge in [0, 0.05) is 18.9 Å². The van der Waals surface area contributed by atoms with E-state index in [0.29, 0.717) is 18.3 Å². The van der Waals surface area contributed by atoms with Gasteiger partial charge >= 0.3 is 6.18 Å². The fraction of sp³-hybridized carbons (Fsp3) is 0.562. The van der Waals surface area contributed by atoms with Crippen molar-refractivity contribution in [2.75, 3.05) is 17.2 Å². The van der Waals surface area contributed by atoms with Gasteiger partial charge in [0.15, 0.2) is 0 Å². The van der Waals surface area contributed by atoms with E-state index in [-0.39, 0.29) is 17.2 Å². The SMILES string of the molecule is CCNc1nc(Nc2cn([C@H]3CC3(C)C)nc2C)ncc1C(F)(F)F. The minimum atomic E-state index is -4.51. The number of nitrogens with one attached hydrogen (secondary N) is 2. The van der Waals surface area contributed by atoms with Gasteiger partial charge in [-0.25, -0.2) is 4.98 Å². The molecule has 136 valence electrons. The molecule has 0 bridgehead atoms. The molecule has 1 fully saturated rings. The molecule has 2 aromatic heterocycles. The van der Waals surface area contributed by atoms with Crippen molar-refractivity contribution in [2.24, 2.45) is 5.41 Å². The number of hydrogen-bond donors (Lipinski definition) is 2. The average Bonchev–Trinajstić information content (AvgIpc) is 2.98. The van der Waals surface area contributed by atoms with Gasteiger partial charge in [-0.05, 0) is 25.7 Å². The van der Waals surface area contributed by atoms with E-state index >= 15 is 0 Å². The minimum absolute atomic E-state index is 0.0988. The van der Waals surface area contributed by atoms with Crippen molar-refractivity contribution < 1.29 is 13.2 Å². The van der Waals surface area contributed by atoms with Crippen LogP contribution in [0.2, 0.25) is 0 Å². The molecule has 1 atom stereocenters. The van der Waals surface area contributed by atoms with E-state index in [0.717, 1.165) is 18.3 Å². The summed E-state index contributed by atoms with van der Waals surface area (Å²) in [6.07, 6.45) is -0.816. The van der Waals surface area contributed by atoms with Crippen LogP contribution in [-0.2, 0) is 6.18 Å².